The summed E-state index contributed by atoms with van der Waals surface area (Å²) in [6.07, 6.45) is 1.22. The molecule has 96 valence electrons. The third kappa shape index (κ3) is 5.84. The lowest BCUT2D eigenvalue weighted by Gasteiger charge is -2.23. The van der Waals surface area contributed by atoms with Gasteiger partial charge in [0.25, 0.3) is 0 Å². The molecule has 0 bridgehead atoms. The van der Waals surface area contributed by atoms with Crippen LogP contribution in [0.15, 0.2) is 24.3 Å². The van der Waals surface area contributed by atoms with Gasteiger partial charge in [-0.25, -0.2) is 0 Å². The molecule has 0 aliphatic carbocycles. The van der Waals surface area contributed by atoms with Crippen molar-refractivity contribution >= 4 is 22.6 Å². The molecule has 1 rings (SSSR count). The zero-order valence-corrected chi connectivity index (χ0v) is 13.2. The van der Waals surface area contributed by atoms with Crippen molar-refractivity contribution < 1.29 is 0 Å². The highest BCUT2D eigenvalue weighted by Crippen LogP contribution is 2.06. The summed E-state index contributed by atoms with van der Waals surface area (Å²) >= 11 is 2.33. The van der Waals surface area contributed by atoms with Crippen LogP contribution in [-0.2, 0) is 6.54 Å². The Labute approximate surface area is 119 Å². The molecule has 1 atom stereocenters. The van der Waals surface area contributed by atoms with Crippen LogP contribution >= 0.6 is 22.6 Å². The summed E-state index contributed by atoms with van der Waals surface area (Å²) in [5, 5.41) is 3.49. The summed E-state index contributed by atoms with van der Waals surface area (Å²) in [5.74, 6) is 0. The van der Waals surface area contributed by atoms with Crippen LogP contribution in [0.2, 0.25) is 0 Å². The van der Waals surface area contributed by atoms with Crippen molar-refractivity contribution in [2.45, 2.75) is 32.9 Å². The highest BCUT2D eigenvalue weighted by atomic mass is 127. The zero-order valence-electron chi connectivity index (χ0n) is 11.0. The van der Waals surface area contributed by atoms with E-state index in [1.165, 1.54) is 15.6 Å². The number of benzene rings is 1. The van der Waals surface area contributed by atoms with Crippen LogP contribution in [0.25, 0.3) is 0 Å². The molecule has 0 saturated carbocycles. The Hall–Kier alpha value is -0.130. The fourth-order valence-corrected chi connectivity index (χ4v) is 1.98. The van der Waals surface area contributed by atoms with Crippen LogP contribution in [-0.4, -0.2) is 31.1 Å². The van der Waals surface area contributed by atoms with E-state index in [1.807, 2.05) is 0 Å². The highest BCUT2D eigenvalue weighted by Gasteiger charge is 2.04. The first-order valence-electron chi connectivity index (χ1n) is 6.29. The number of nitrogens with zero attached hydrogens (tertiary/aromatic N) is 1. The quantitative estimate of drug-likeness (QED) is 0.603. The molecule has 3 heteroatoms. The predicted molar refractivity (Wildman–Crippen MR) is 83.2 cm³/mol. The Morgan fingerprint density at radius 2 is 1.94 bits per heavy atom. The monoisotopic (exact) mass is 346 g/mol. The molecule has 0 saturated heterocycles. The van der Waals surface area contributed by atoms with Gasteiger partial charge in [-0.3, -0.25) is 0 Å². The lowest BCUT2D eigenvalue weighted by Crippen LogP contribution is -2.34. The zero-order chi connectivity index (χ0) is 12.7. The number of hydrogen-bond acceptors (Lipinski definition) is 2. The molecule has 0 aliphatic rings. The predicted octanol–water partition coefficient (Wildman–Crippen LogP) is 3.11. The third-order valence-electron chi connectivity index (χ3n) is 3.23. The van der Waals surface area contributed by atoms with E-state index in [-0.39, 0.29) is 0 Å². The second-order valence-electron chi connectivity index (χ2n) is 4.54. The van der Waals surface area contributed by atoms with Gasteiger partial charge in [-0.05, 0) is 60.7 Å². The van der Waals surface area contributed by atoms with Crippen molar-refractivity contribution in [2.75, 3.05) is 20.1 Å². The maximum atomic E-state index is 3.49. The first-order valence-corrected chi connectivity index (χ1v) is 7.36. The van der Waals surface area contributed by atoms with Gasteiger partial charge >= 0.3 is 0 Å². The standard InChI is InChI=1S/C14H23IN2/c1-4-12(2)17(3)10-9-16-11-13-5-7-14(15)8-6-13/h5-8,12,16H,4,9-11H2,1-3H3. The molecular weight excluding hydrogens is 323 g/mol. The molecule has 2 nitrogen and oxygen atoms in total. The Balaban J connectivity index is 2.18. The minimum atomic E-state index is 0.676. The van der Waals surface area contributed by atoms with Crippen LogP contribution in [0.4, 0.5) is 0 Å². The first kappa shape index (κ1) is 14.9. The van der Waals surface area contributed by atoms with Crippen molar-refractivity contribution in [3.63, 3.8) is 0 Å². The maximum Gasteiger partial charge on any atom is 0.0206 e. The Kier molecular flexibility index (Phi) is 7.08. The molecule has 0 radical (unpaired) electrons. The van der Waals surface area contributed by atoms with Crippen molar-refractivity contribution in [1.29, 1.82) is 0 Å². The van der Waals surface area contributed by atoms with Crippen LogP contribution in [0.5, 0.6) is 0 Å². The van der Waals surface area contributed by atoms with Gasteiger partial charge in [0.15, 0.2) is 0 Å². The summed E-state index contributed by atoms with van der Waals surface area (Å²) in [6.45, 7) is 7.64. The van der Waals surface area contributed by atoms with Crippen molar-refractivity contribution in [3.8, 4) is 0 Å². The molecule has 0 aromatic heterocycles. The van der Waals surface area contributed by atoms with E-state index in [2.05, 4.69) is 78.0 Å². The van der Waals surface area contributed by atoms with Crippen molar-refractivity contribution in [2.24, 2.45) is 0 Å². The molecule has 0 aliphatic heterocycles. The highest BCUT2D eigenvalue weighted by molar-refractivity contribution is 14.1. The van der Waals surface area contributed by atoms with E-state index in [4.69, 9.17) is 0 Å². The Bertz CT molecular complexity index is 311. The van der Waals surface area contributed by atoms with Crippen molar-refractivity contribution in [3.05, 3.63) is 33.4 Å². The van der Waals surface area contributed by atoms with Crippen LogP contribution in [0.3, 0.4) is 0 Å². The van der Waals surface area contributed by atoms with Gasteiger partial charge in [-0.2, -0.15) is 0 Å². The summed E-state index contributed by atoms with van der Waals surface area (Å²) in [6, 6.07) is 9.36. The van der Waals surface area contributed by atoms with Gasteiger partial charge in [0.1, 0.15) is 0 Å². The summed E-state index contributed by atoms with van der Waals surface area (Å²) in [5.41, 5.74) is 1.36. The van der Waals surface area contributed by atoms with Crippen molar-refractivity contribution in [1.82, 2.24) is 10.2 Å². The molecule has 1 aromatic rings. The molecule has 0 heterocycles. The topological polar surface area (TPSA) is 15.3 Å². The second kappa shape index (κ2) is 8.06. The summed E-state index contributed by atoms with van der Waals surface area (Å²) in [7, 11) is 2.20. The van der Waals surface area contributed by atoms with E-state index >= 15 is 0 Å². The van der Waals surface area contributed by atoms with E-state index in [0.717, 1.165) is 19.6 Å². The molecule has 1 aromatic carbocycles. The van der Waals surface area contributed by atoms with E-state index < -0.39 is 0 Å². The van der Waals surface area contributed by atoms with E-state index in [0.29, 0.717) is 6.04 Å². The molecule has 17 heavy (non-hydrogen) atoms. The van der Waals surface area contributed by atoms with Gasteiger partial charge in [-0.15, -0.1) is 0 Å². The molecule has 0 spiro atoms. The van der Waals surface area contributed by atoms with Gasteiger partial charge in [0.2, 0.25) is 0 Å². The lowest BCUT2D eigenvalue weighted by molar-refractivity contribution is 0.252. The SMILES string of the molecule is CCC(C)N(C)CCNCc1ccc(I)cc1. The summed E-state index contributed by atoms with van der Waals surface area (Å²) < 4.78 is 1.29. The maximum absolute atomic E-state index is 3.49. The van der Waals surface area contributed by atoms with Crippen LogP contribution in [0, 0.1) is 3.57 Å². The fraction of sp³-hybridized carbons (Fsp3) is 0.571. The van der Waals surface area contributed by atoms with Gasteiger partial charge in [0, 0.05) is 29.2 Å². The third-order valence-corrected chi connectivity index (χ3v) is 3.95. The number of nitrogens with one attached hydrogen (secondary N) is 1. The molecule has 0 fully saturated rings. The first-order chi connectivity index (χ1) is 8.13. The number of halogens is 1. The molecule has 1 N–H and O–H groups in total. The number of rotatable bonds is 7. The smallest absolute Gasteiger partial charge is 0.0206 e. The average molecular weight is 346 g/mol. The lowest BCUT2D eigenvalue weighted by atomic mass is 10.2. The largest absolute Gasteiger partial charge is 0.311 e. The number of hydrogen-bond donors (Lipinski definition) is 1. The van der Waals surface area contributed by atoms with E-state index in [1.54, 1.807) is 0 Å². The van der Waals surface area contributed by atoms with Crippen LogP contribution < -0.4 is 5.32 Å². The van der Waals surface area contributed by atoms with Gasteiger partial charge in [0.05, 0.1) is 0 Å². The molecule has 0 amide bonds. The van der Waals surface area contributed by atoms with Crippen LogP contribution in [0.1, 0.15) is 25.8 Å². The fourth-order valence-electron chi connectivity index (χ4n) is 1.62. The Morgan fingerprint density at radius 3 is 2.53 bits per heavy atom. The molecular formula is C14H23IN2. The van der Waals surface area contributed by atoms with E-state index in [9.17, 15) is 0 Å². The number of likely N-dealkylation sites (N-methyl/N-ethyl adjacent to an activating group) is 1. The second-order valence-corrected chi connectivity index (χ2v) is 5.79. The Morgan fingerprint density at radius 1 is 1.29 bits per heavy atom. The minimum Gasteiger partial charge on any atom is -0.311 e. The normalized spacial score (nSPS) is 13.0. The minimum absolute atomic E-state index is 0.676. The summed E-state index contributed by atoms with van der Waals surface area (Å²) in [4.78, 5) is 2.40. The average Bonchev–Trinajstić information content (AvgIpc) is 2.35. The van der Waals surface area contributed by atoms with Gasteiger partial charge < -0.3 is 10.2 Å². The molecule has 1 unspecified atom stereocenters. The van der Waals surface area contributed by atoms with Gasteiger partial charge in [-0.1, -0.05) is 19.1 Å².